The zero-order valence-electron chi connectivity index (χ0n) is 11.7. The van der Waals surface area contributed by atoms with Gasteiger partial charge in [0, 0.05) is 16.6 Å². The van der Waals surface area contributed by atoms with Crippen LogP contribution in [0.3, 0.4) is 0 Å². The molecule has 1 aliphatic carbocycles. The quantitative estimate of drug-likeness (QED) is 0.867. The predicted molar refractivity (Wildman–Crippen MR) is 87.8 cm³/mol. The molecule has 0 aliphatic heterocycles. The average molecular weight is 362 g/mol. The molecule has 1 fully saturated rings. The van der Waals surface area contributed by atoms with Crippen molar-refractivity contribution < 1.29 is 4.79 Å². The first-order valence-corrected chi connectivity index (χ1v) is 7.59. The number of rotatable bonds is 3. The summed E-state index contributed by atoms with van der Waals surface area (Å²) in [5, 5.41) is 3.01. The summed E-state index contributed by atoms with van der Waals surface area (Å²) in [5.74, 6) is 0.0260. The molecule has 20 heavy (non-hydrogen) atoms. The molecule has 0 aromatic heterocycles. The molecule has 5 heteroatoms. The lowest BCUT2D eigenvalue weighted by atomic mass is 9.74. The molecule has 0 spiro atoms. The van der Waals surface area contributed by atoms with E-state index in [1.54, 1.807) is 0 Å². The maximum absolute atomic E-state index is 12.3. The summed E-state index contributed by atoms with van der Waals surface area (Å²) in [7, 11) is 0. The minimum absolute atomic E-state index is 0. The van der Waals surface area contributed by atoms with Gasteiger partial charge in [-0.3, -0.25) is 4.79 Å². The van der Waals surface area contributed by atoms with Crippen LogP contribution in [0.1, 0.15) is 38.2 Å². The van der Waals surface area contributed by atoms with E-state index in [1.807, 2.05) is 31.2 Å². The Hall–Kier alpha value is -0.580. The molecule has 1 amide bonds. The monoisotopic (exact) mass is 360 g/mol. The molecular weight excluding hydrogens is 340 g/mol. The van der Waals surface area contributed by atoms with E-state index in [2.05, 4.69) is 21.2 Å². The van der Waals surface area contributed by atoms with Crippen LogP contribution in [0.2, 0.25) is 0 Å². The van der Waals surface area contributed by atoms with E-state index < -0.39 is 0 Å². The Bertz CT molecular complexity index is 465. The summed E-state index contributed by atoms with van der Waals surface area (Å²) in [6, 6.07) is 7.97. The molecule has 0 saturated heterocycles. The fourth-order valence-electron chi connectivity index (χ4n) is 2.75. The van der Waals surface area contributed by atoms with Gasteiger partial charge >= 0.3 is 0 Å². The van der Waals surface area contributed by atoms with E-state index in [0.717, 1.165) is 35.7 Å². The van der Waals surface area contributed by atoms with Gasteiger partial charge in [-0.25, -0.2) is 0 Å². The van der Waals surface area contributed by atoms with Gasteiger partial charge in [0.2, 0.25) is 5.91 Å². The van der Waals surface area contributed by atoms with E-state index in [-0.39, 0.29) is 29.8 Å². The Morgan fingerprint density at radius 3 is 2.90 bits per heavy atom. The van der Waals surface area contributed by atoms with Gasteiger partial charge in [0.25, 0.3) is 0 Å². The lowest BCUT2D eigenvalue weighted by Crippen LogP contribution is -2.52. The Kier molecular flexibility index (Phi) is 6.49. The van der Waals surface area contributed by atoms with Crippen molar-refractivity contribution in [2.24, 2.45) is 11.7 Å². The van der Waals surface area contributed by atoms with E-state index in [9.17, 15) is 4.79 Å². The molecule has 2 atom stereocenters. The second-order valence-corrected chi connectivity index (χ2v) is 6.57. The van der Waals surface area contributed by atoms with Crippen molar-refractivity contribution in [3.8, 4) is 0 Å². The molecule has 1 aliphatic rings. The number of amides is 1. The fraction of sp³-hybridized carbons (Fsp3) is 0.533. The highest BCUT2D eigenvalue weighted by Crippen LogP contribution is 2.31. The zero-order chi connectivity index (χ0) is 13.9. The van der Waals surface area contributed by atoms with E-state index in [0.29, 0.717) is 6.54 Å². The number of nitrogens with two attached hydrogens (primary N) is 1. The standard InChI is InChI=1S/C15H21BrN2O.ClH/c1-15(17)8-3-2-7-13(15)14(19)18-10-11-5-4-6-12(16)9-11;/h4-6,9,13H,2-3,7-8,10,17H2,1H3,(H,18,19);1H. The second-order valence-electron chi connectivity index (χ2n) is 5.65. The van der Waals surface area contributed by atoms with Crippen molar-refractivity contribution in [2.45, 2.75) is 44.7 Å². The Balaban J connectivity index is 0.00000200. The van der Waals surface area contributed by atoms with Crippen LogP contribution in [0.4, 0.5) is 0 Å². The van der Waals surface area contributed by atoms with Gasteiger partial charge in [0.05, 0.1) is 5.92 Å². The highest BCUT2D eigenvalue weighted by Gasteiger charge is 2.37. The summed E-state index contributed by atoms with van der Waals surface area (Å²) < 4.78 is 1.03. The SMILES string of the molecule is CC1(N)CCCCC1C(=O)NCc1cccc(Br)c1.Cl. The van der Waals surface area contributed by atoms with Gasteiger partial charge in [0.15, 0.2) is 0 Å². The maximum Gasteiger partial charge on any atom is 0.225 e. The first-order valence-electron chi connectivity index (χ1n) is 6.80. The van der Waals surface area contributed by atoms with Crippen molar-refractivity contribution in [3.63, 3.8) is 0 Å². The van der Waals surface area contributed by atoms with Gasteiger partial charge in [-0.15, -0.1) is 12.4 Å². The topological polar surface area (TPSA) is 55.1 Å². The summed E-state index contributed by atoms with van der Waals surface area (Å²) in [6.45, 7) is 2.56. The molecule has 3 nitrogen and oxygen atoms in total. The highest BCUT2D eigenvalue weighted by molar-refractivity contribution is 9.10. The molecule has 0 bridgehead atoms. The molecular formula is C15H22BrClN2O. The third-order valence-electron chi connectivity index (χ3n) is 3.93. The highest BCUT2D eigenvalue weighted by atomic mass is 79.9. The minimum Gasteiger partial charge on any atom is -0.352 e. The number of benzene rings is 1. The molecule has 0 heterocycles. The molecule has 1 aromatic carbocycles. The molecule has 3 N–H and O–H groups in total. The number of carbonyl (C=O) groups is 1. The van der Waals surface area contributed by atoms with Crippen LogP contribution in [0.5, 0.6) is 0 Å². The molecule has 1 saturated carbocycles. The van der Waals surface area contributed by atoms with E-state index >= 15 is 0 Å². The van der Waals surface area contributed by atoms with E-state index in [1.165, 1.54) is 0 Å². The van der Waals surface area contributed by atoms with Gasteiger partial charge in [-0.2, -0.15) is 0 Å². The van der Waals surface area contributed by atoms with Gasteiger partial charge in [0.1, 0.15) is 0 Å². The van der Waals surface area contributed by atoms with Crippen molar-refractivity contribution in [1.29, 1.82) is 0 Å². The first-order chi connectivity index (χ1) is 8.99. The first kappa shape index (κ1) is 17.5. The lowest BCUT2D eigenvalue weighted by molar-refractivity contribution is -0.128. The minimum atomic E-state index is -0.362. The Morgan fingerprint density at radius 1 is 1.50 bits per heavy atom. The molecule has 2 rings (SSSR count). The molecule has 2 unspecified atom stereocenters. The molecule has 1 aromatic rings. The van der Waals surface area contributed by atoms with Crippen LogP contribution < -0.4 is 11.1 Å². The Morgan fingerprint density at radius 2 is 2.25 bits per heavy atom. The second kappa shape index (κ2) is 7.43. The van der Waals surface area contributed by atoms with Crippen molar-refractivity contribution in [3.05, 3.63) is 34.3 Å². The normalized spacial score (nSPS) is 25.6. The summed E-state index contributed by atoms with van der Waals surface area (Å²) in [6.07, 6.45) is 4.06. The van der Waals surface area contributed by atoms with Crippen LogP contribution in [-0.2, 0) is 11.3 Å². The van der Waals surface area contributed by atoms with Gasteiger partial charge in [-0.1, -0.05) is 40.9 Å². The molecule has 0 radical (unpaired) electrons. The molecule has 112 valence electrons. The number of nitrogens with one attached hydrogen (secondary N) is 1. The van der Waals surface area contributed by atoms with Crippen LogP contribution in [0.15, 0.2) is 28.7 Å². The summed E-state index contributed by atoms with van der Waals surface area (Å²) >= 11 is 3.43. The largest absolute Gasteiger partial charge is 0.352 e. The van der Waals surface area contributed by atoms with Crippen molar-refractivity contribution in [2.75, 3.05) is 0 Å². The zero-order valence-corrected chi connectivity index (χ0v) is 14.1. The van der Waals surface area contributed by atoms with Crippen LogP contribution in [0.25, 0.3) is 0 Å². The van der Waals surface area contributed by atoms with Crippen molar-refractivity contribution >= 4 is 34.2 Å². The van der Waals surface area contributed by atoms with Crippen molar-refractivity contribution in [1.82, 2.24) is 5.32 Å². The Labute approximate surface area is 135 Å². The van der Waals surface area contributed by atoms with Crippen LogP contribution in [-0.4, -0.2) is 11.4 Å². The summed E-state index contributed by atoms with van der Waals surface area (Å²) in [5.41, 5.74) is 6.98. The fourth-order valence-corrected chi connectivity index (χ4v) is 3.19. The van der Waals surface area contributed by atoms with Crippen LogP contribution in [0, 0.1) is 5.92 Å². The van der Waals surface area contributed by atoms with E-state index in [4.69, 9.17) is 5.73 Å². The van der Waals surface area contributed by atoms with Gasteiger partial charge in [-0.05, 0) is 37.5 Å². The third-order valence-corrected chi connectivity index (χ3v) is 4.42. The lowest BCUT2D eigenvalue weighted by Gasteiger charge is -2.37. The van der Waals surface area contributed by atoms with Gasteiger partial charge < -0.3 is 11.1 Å². The van der Waals surface area contributed by atoms with Crippen LogP contribution >= 0.6 is 28.3 Å². The number of hydrogen-bond acceptors (Lipinski definition) is 2. The summed E-state index contributed by atoms with van der Waals surface area (Å²) in [4.78, 5) is 12.3. The number of carbonyl (C=O) groups excluding carboxylic acids is 1. The number of hydrogen-bond donors (Lipinski definition) is 2. The maximum atomic E-state index is 12.3. The third kappa shape index (κ3) is 4.47. The number of halogens is 2. The smallest absolute Gasteiger partial charge is 0.225 e. The predicted octanol–water partition coefficient (Wildman–Crippen LogP) is 3.39. The average Bonchev–Trinajstić information content (AvgIpc) is 2.35.